The summed E-state index contributed by atoms with van der Waals surface area (Å²) in [5.41, 5.74) is 0.412. The minimum absolute atomic E-state index is 0.372. The molecule has 0 aromatic rings. The van der Waals surface area contributed by atoms with Gasteiger partial charge in [0, 0.05) is 12.0 Å². The molecule has 0 aromatic heterocycles. The molecule has 2 unspecified atom stereocenters. The highest BCUT2D eigenvalue weighted by molar-refractivity contribution is 5.86. The van der Waals surface area contributed by atoms with Gasteiger partial charge in [-0.15, -0.1) is 0 Å². The highest BCUT2D eigenvalue weighted by Gasteiger charge is 2.15. The van der Waals surface area contributed by atoms with Crippen molar-refractivity contribution in [3.8, 4) is 0 Å². The lowest BCUT2D eigenvalue weighted by atomic mass is 10.0. The summed E-state index contributed by atoms with van der Waals surface area (Å²) in [6.07, 6.45) is 4.94. The molecule has 0 aliphatic carbocycles. The highest BCUT2D eigenvalue weighted by Crippen LogP contribution is 2.15. The molecule has 0 aromatic carbocycles. The molecule has 0 heterocycles. The lowest BCUT2D eigenvalue weighted by Gasteiger charge is -2.20. The molecule has 2 atom stereocenters. The summed E-state index contributed by atoms with van der Waals surface area (Å²) in [6, 6.07) is 0. The van der Waals surface area contributed by atoms with Crippen LogP contribution in [0.25, 0.3) is 0 Å². The van der Waals surface area contributed by atoms with Crippen LogP contribution in [0.4, 0.5) is 0 Å². The van der Waals surface area contributed by atoms with Gasteiger partial charge in [0.2, 0.25) is 6.29 Å². The van der Waals surface area contributed by atoms with E-state index < -0.39 is 6.29 Å². The van der Waals surface area contributed by atoms with Crippen LogP contribution < -0.4 is 0 Å². The SMILES string of the molecule is C=C(C)C(=O)OC(CC)OCC(CC)CCCC. The van der Waals surface area contributed by atoms with Gasteiger partial charge >= 0.3 is 5.97 Å². The van der Waals surface area contributed by atoms with Crippen LogP contribution in [0.15, 0.2) is 12.2 Å². The quantitative estimate of drug-likeness (QED) is 0.336. The van der Waals surface area contributed by atoms with Gasteiger partial charge in [-0.05, 0) is 19.3 Å². The number of carbonyl (C=O) groups is 1. The van der Waals surface area contributed by atoms with Gasteiger partial charge in [-0.2, -0.15) is 0 Å². The van der Waals surface area contributed by atoms with Gasteiger partial charge < -0.3 is 9.47 Å². The van der Waals surface area contributed by atoms with Crippen molar-refractivity contribution in [2.24, 2.45) is 5.92 Å². The van der Waals surface area contributed by atoms with E-state index in [1.165, 1.54) is 19.3 Å². The summed E-state index contributed by atoms with van der Waals surface area (Å²) in [5.74, 6) is 0.186. The molecule has 0 aliphatic heterocycles. The van der Waals surface area contributed by atoms with Gasteiger partial charge in [-0.3, -0.25) is 0 Å². The van der Waals surface area contributed by atoms with E-state index in [2.05, 4.69) is 20.4 Å². The van der Waals surface area contributed by atoms with Gasteiger partial charge in [0.15, 0.2) is 0 Å². The molecule has 0 fully saturated rings. The molecule has 0 saturated heterocycles. The fraction of sp³-hybridized carbons (Fsp3) is 0.800. The molecular formula is C15H28O3. The van der Waals surface area contributed by atoms with Crippen molar-refractivity contribution in [1.82, 2.24) is 0 Å². The van der Waals surface area contributed by atoms with E-state index in [-0.39, 0.29) is 5.97 Å². The number of esters is 1. The zero-order valence-corrected chi connectivity index (χ0v) is 12.3. The number of hydrogen-bond donors (Lipinski definition) is 0. The van der Waals surface area contributed by atoms with Crippen LogP contribution in [0.3, 0.4) is 0 Å². The van der Waals surface area contributed by atoms with Crippen LogP contribution in [0, 0.1) is 5.92 Å². The molecule has 3 nitrogen and oxygen atoms in total. The van der Waals surface area contributed by atoms with Crippen molar-refractivity contribution in [2.75, 3.05) is 6.61 Å². The Balaban J connectivity index is 4.04. The highest BCUT2D eigenvalue weighted by atomic mass is 16.7. The topological polar surface area (TPSA) is 35.5 Å². The van der Waals surface area contributed by atoms with Crippen LogP contribution in [0.1, 0.15) is 59.8 Å². The van der Waals surface area contributed by atoms with Gasteiger partial charge in [0.25, 0.3) is 0 Å². The maximum atomic E-state index is 11.4. The normalized spacial score (nSPS) is 14.0. The van der Waals surface area contributed by atoms with Crippen LogP contribution in [0.5, 0.6) is 0 Å². The second kappa shape index (κ2) is 10.1. The number of hydrogen-bond acceptors (Lipinski definition) is 3. The smallest absolute Gasteiger partial charge is 0.335 e. The summed E-state index contributed by atoms with van der Waals surface area (Å²) in [7, 11) is 0. The fourth-order valence-electron chi connectivity index (χ4n) is 1.60. The average molecular weight is 256 g/mol. The predicted octanol–water partition coefficient (Wildman–Crippen LogP) is 4.07. The molecule has 106 valence electrons. The average Bonchev–Trinajstić information content (AvgIpc) is 2.36. The van der Waals surface area contributed by atoms with Crippen molar-refractivity contribution >= 4 is 5.97 Å². The Kier molecular flexibility index (Phi) is 9.66. The predicted molar refractivity (Wildman–Crippen MR) is 74.2 cm³/mol. The molecule has 0 rings (SSSR count). The van der Waals surface area contributed by atoms with E-state index in [0.717, 1.165) is 6.42 Å². The van der Waals surface area contributed by atoms with Crippen molar-refractivity contribution in [1.29, 1.82) is 0 Å². The fourth-order valence-corrected chi connectivity index (χ4v) is 1.60. The number of ether oxygens (including phenoxy) is 2. The summed E-state index contributed by atoms with van der Waals surface area (Å²) >= 11 is 0. The first-order valence-corrected chi connectivity index (χ1v) is 7.03. The molecule has 18 heavy (non-hydrogen) atoms. The van der Waals surface area contributed by atoms with Gasteiger partial charge in [0.1, 0.15) is 0 Å². The molecular weight excluding hydrogens is 228 g/mol. The second-order valence-corrected chi connectivity index (χ2v) is 4.77. The lowest BCUT2D eigenvalue weighted by molar-refractivity contribution is -0.177. The maximum absolute atomic E-state index is 11.4. The van der Waals surface area contributed by atoms with Gasteiger partial charge in [-0.25, -0.2) is 4.79 Å². The van der Waals surface area contributed by atoms with Crippen LogP contribution >= 0.6 is 0 Å². The zero-order valence-electron chi connectivity index (χ0n) is 12.3. The van der Waals surface area contributed by atoms with Gasteiger partial charge in [-0.1, -0.05) is 46.6 Å². The van der Waals surface area contributed by atoms with E-state index in [1.807, 2.05) is 6.92 Å². The monoisotopic (exact) mass is 256 g/mol. The Labute approximate surface area is 112 Å². The number of unbranched alkanes of at least 4 members (excludes halogenated alkanes) is 1. The molecule has 0 bridgehead atoms. The minimum atomic E-state index is -0.440. The minimum Gasteiger partial charge on any atom is -0.432 e. The standard InChI is InChI=1S/C15H28O3/c1-6-9-10-13(7-2)11-17-14(8-3)18-15(16)12(4)5/h13-14H,4,6-11H2,1-3,5H3. The first kappa shape index (κ1) is 17.2. The molecule has 3 heteroatoms. The van der Waals surface area contributed by atoms with Gasteiger partial charge in [0.05, 0.1) is 6.61 Å². The summed E-state index contributed by atoms with van der Waals surface area (Å²) < 4.78 is 10.9. The Bertz CT molecular complexity index is 248. The molecule has 0 spiro atoms. The Morgan fingerprint density at radius 2 is 1.89 bits per heavy atom. The molecule has 0 amide bonds. The largest absolute Gasteiger partial charge is 0.432 e. The third kappa shape index (κ3) is 7.49. The van der Waals surface area contributed by atoms with E-state index >= 15 is 0 Å². The second-order valence-electron chi connectivity index (χ2n) is 4.77. The van der Waals surface area contributed by atoms with Crippen molar-refractivity contribution in [2.45, 2.75) is 66.1 Å². The lowest BCUT2D eigenvalue weighted by Crippen LogP contribution is -2.24. The molecule has 0 saturated carbocycles. The van der Waals surface area contributed by atoms with Crippen LogP contribution in [-0.2, 0) is 14.3 Å². The Hall–Kier alpha value is -0.830. The third-order valence-corrected chi connectivity index (χ3v) is 2.98. The third-order valence-electron chi connectivity index (χ3n) is 2.98. The zero-order chi connectivity index (χ0) is 14.0. The van der Waals surface area contributed by atoms with E-state index in [0.29, 0.717) is 24.5 Å². The Morgan fingerprint density at radius 1 is 1.22 bits per heavy atom. The first-order valence-electron chi connectivity index (χ1n) is 7.03. The van der Waals surface area contributed by atoms with Crippen LogP contribution in [0.2, 0.25) is 0 Å². The van der Waals surface area contributed by atoms with Crippen molar-refractivity contribution in [3.05, 3.63) is 12.2 Å². The van der Waals surface area contributed by atoms with E-state index in [9.17, 15) is 4.79 Å². The Morgan fingerprint density at radius 3 is 2.33 bits per heavy atom. The van der Waals surface area contributed by atoms with Crippen molar-refractivity contribution < 1.29 is 14.3 Å². The van der Waals surface area contributed by atoms with Crippen LogP contribution in [-0.4, -0.2) is 18.9 Å². The maximum Gasteiger partial charge on any atom is 0.335 e. The molecule has 0 radical (unpaired) electrons. The molecule has 0 aliphatic rings. The number of carbonyl (C=O) groups excluding carboxylic acids is 1. The molecule has 0 N–H and O–H groups in total. The summed E-state index contributed by atoms with van der Waals surface area (Å²) in [6.45, 7) is 12.2. The first-order chi connectivity index (χ1) is 8.54. The van der Waals surface area contributed by atoms with E-state index in [1.54, 1.807) is 6.92 Å². The summed E-state index contributed by atoms with van der Waals surface area (Å²) in [4.78, 5) is 11.4. The van der Waals surface area contributed by atoms with Crippen molar-refractivity contribution in [3.63, 3.8) is 0 Å². The number of rotatable bonds is 10. The summed E-state index contributed by atoms with van der Waals surface area (Å²) in [5, 5.41) is 0. The van der Waals surface area contributed by atoms with E-state index in [4.69, 9.17) is 9.47 Å².